The predicted molar refractivity (Wildman–Crippen MR) is 67.8 cm³/mol. The van der Waals surface area contributed by atoms with Gasteiger partial charge in [0.2, 0.25) is 0 Å². The Morgan fingerprint density at radius 1 is 1.59 bits per heavy atom. The van der Waals surface area contributed by atoms with Gasteiger partial charge in [0, 0.05) is 12.0 Å². The number of nitrogens with one attached hydrogen (secondary N) is 1. The van der Waals surface area contributed by atoms with Gasteiger partial charge >= 0.3 is 0 Å². The molecule has 2 rings (SSSR count). The van der Waals surface area contributed by atoms with Crippen LogP contribution in [-0.2, 0) is 0 Å². The lowest BCUT2D eigenvalue weighted by Crippen LogP contribution is -2.37. The number of nitrogens with zero attached hydrogens (tertiary/aromatic N) is 1. The van der Waals surface area contributed by atoms with E-state index in [1.54, 1.807) is 0 Å². The number of hydrogen-bond acceptors (Lipinski definition) is 2. The second kappa shape index (κ2) is 5.26. The van der Waals surface area contributed by atoms with Gasteiger partial charge in [-0.05, 0) is 6.07 Å². The summed E-state index contributed by atoms with van der Waals surface area (Å²) in [5.41, 5.74) is 6.86. The van der Waals surface area contributed by atoms with E-state index in [1.807, 2.05) is 24.3 Å². The highest BCUT2D eigenvalue weighted by molar-refractivity contribution is 5.78. The Morgan fingerprint density at radius 2 is 2.41 bits per heavy atom. The normalized spacial score (nSPS) is 18.8. The van der Waals surface area contributed by atoms with Crippen molar-refractivity contribution in [1.82, 2.24) is 5.32 Å². The van der Waals surface area contributed by atoms with E-state index in [0.717, 1.165) is 17.7 Å². The molecule has 0 fully saturated rings. The van der Waals surface area contributed by atoms with E-state index < -0.39 is 0 Å². The van der Waals surface area contributed by atoms with Gasteiger partial charge in [0.15, 0.2) is 5.96 Å². The Morgan fingerprint density at radius 3 is 3.24 bits per heavy atom. The van der Waals surface area contributed by atoms with Crippen LogP contribution in [0.25, 0.3) is 0 Å². The van der Waals surface area contributed by atoms with Gasteiger partial charge in [-0.2, -0.15) is 0 Å². The molecule has 17 heavy (non-hydrogen) atoms. The molecule has 0 aliphatic carbocycles. The molecule has 1 atom stereocenters. The van der Waals surface area contributed by atoms with Crippen LogP contribution < -0.4 is 15.8 Å². The number of ether oxygens (including phenoxy) is 1. The lowest BCUT2D eigenvalue weighted by molar-refractivity contribution is 0.262. The second-order valence-corrected chi connectivity index (χ2v) is 3.78. The molecule has 1 aromatic carbocycles. The van der Waals surface area contributed by atoms with Crippen molar-refractivity contribution in [2.24, 2.45) is 10.7 Å². The molecule has 0 bridgehead atoms. The van der Waals surface area contributed by atoms with Crippen molar-refractivity contribution in [2.75, 3.05) is 13.2 Å². The minimum Gasteiger partial charge on any atom is -0.493 e. The molecular formula is C13H15N3O. The van der Waals surface area contributed by atoms with E-state index in [9.17, 15) is 0 Å². The topological polar surface area (TPSA) is 59.6 Å². The van der Waals surface area contributed by atoms with Crippen molar-refractivity contribution in [2.45, 2.75) is 12.5 Å². The third kappa shape index (κ3) is 2.70. The van der Waals surface area contributed by atoms with Gasteiger partial charge < -0.3 is 15.8 Å². The number of benzene rings is 1. The number of hydrogen-bond donors (Lipinski definition) is 2. The summed E-state index contributed by atoms with van der Waals surface area (Å²) in [5, 5.41) is 3.16. The molecule has 1 aliphatic rings. The van der Waals surface area contributed by atoms with Gasteiger partial charge in [-0.3, -0.25) is 0 Å². The number of rotatable bonds is 2. The molecule has 0 aromatic heterocycles. The van der Waals surface area contributed by atoms with E-state index in [2.05, 4.69) is 16.2 Å². The van der Waals surface area contributed by atoms with Crippen LogP contribution in [0.4, 0.5) is 0 Å². The van der Waals surface area contributed by atoms with E-state index in [4.69, 9.17) is 16.9 Å². The van der Waals surface area contributed by atoms with Crippen LogP contribution >= 0.6 is 0 Å². The molecule has 3 N–H and O–H groups in total. The molecule has 1 aromatic rings. The van der Waals surface area contributed by atoms with Crippen LogP contribution in [0.1, 0.15) is 18.0 Å². The molecule has 88 valence electrons. The highest BCUT2D eigenvalue weighted by atomic mass is 16.5. The number of terminal acetylenes is 1. The molecule has 4 nitrogen and oxygen atoms in total. The minimum absolute atomic E-state index is 0.140. The average Bonchev–Trinajstić information content (AvgIpc) is 2.37. The van der Waals surface area contributed by atoms with Gasteiger partial charge in [-0.25, -0.2) is 4.99 Å². The third-order valence-corrected chi connectivity index (χ3v) is 2.62. The van der Waals surface area contributed by atoms with Crippen molar-refractivity contribution >= 4 is 5.96 Å². The first-order chi connectivity index (χ1) is 8.31. The molecular weight excluding hydrogens is 214 g/mol. The first kappa shape index (κ1) is 11.3. The van der Waals surface area contributed by atoms with Crippen LogP contribution in [0.3, 0.4) is 0 Å². The summed E-state index contributed by atoms with van der Waals surface area (Å²) in [6.07, 6.45) is 5.99. The first-order valence-corrected chi connectivity index (χ1v) is 5.53. The molecule has 1 unspecified atom stereocenters. The lowest BCUT2D eigenvalue weighted by Gasteiger charge is -2.26. The largest absolute Gasteiger partial charge is 0.493 e. The molecule has 4 heteroatoms. The zero-order valence-corrected chi connectivity index (χ0v) is 9.52. The number of nitrogens with two attached hydrogens (primary N) is 1. The van der Waals surface area contributed by atoms with E-state index in [0.29, 0.717) is 19.1 Å². The predicted octanol–water partition coefficient (Wildman–Crippen LogP) is 1.05. The van der Waals surface area contributed by atoms with Gasteiger partial charge in [-0.1, -0.05) is 24.1 Å². The van der Waals surface area contributed by atoms with Crippen molar-refractivity contribution < 1.29 is 4.74 Å². The van der Waals surface area contributed by atoms with E-state index >= 15 is 0 Å². The third-order valence-electron chi connectivity index (χ3n) is 2.62. The van der Waals surface area contributed by atoms with E-state index in [-0.39, 0.29) is 6.04 Å². The minimum atomic E-state index is 0.140. The van der Waals surface area contributed by atoms with Crippen LogP contribution in [0, 0.1) is 12.3 Å². The Bertz CT molecular complexity index is 462. The highest BCUT2D eigenvalue weighted by Crippen LogP contribution is 2.31. The smallest absolute Gasteiger partial charge is 0.190 e. The monoisotopic (exact) mass is 229 g/mol. The quantitative estimate of drug-likeness (QED) is 0.452. The maximum Gasteiger partial charge on any atom is 0.190 e. The summed E-state index contributed by atoms with van der Waals surface area (Å²) in [7, 11) is 0. The Balaban J connectivity index is 2.11. The molecule has 0 spiro atoms. The zero-order valence-electron chi connectivity index (χ0n) is 9.52. The van der Waals surface area contributed by atoms with Gasteiger partial charge in [-0.15, -0.1) is 6.42 Å². The van der Waals surface area contributed by atoms with Crippen LogP contribution in [0.15, 0.2) is 29.3 Å². The lowest BCUT2D eigenvalue weighted by atomic mass is 10.0. The summed E-state index contributed by atoms with van der Waals surface area (Å²) in [4.78, 5) is 4.02. The van der Waals surface area contributed by atoms with Gasteiger partial charge in [0.1, 0.15) is 12.3 Å². The van der Waals surface area contributed by atoms with Crippen molar-refractivity contribution in [1.29, 1.82) is 0 Å². The summed E-state index contributed by atoms with van der Waals surface area (Å²) < 4.78 is 5.56. The number of para-hydroxylation sites is 1. The summed E-state index contributed by atoms with van der Waals surface area (Å²) >= 11 is 0. The van der Waals surface area contributed by atoms with Gasteiger partial charge in [0.25, 0.3) is 0 Å². The Hall–Kier alpha value is -2.15. The molecule has 0 saturated carbocycles. The summed E-state index contributed by atoms with van der Waals surface area (Å²) in [5.74, 6) is 3.71. The standard InChI is InChI=1S/C13H15N3O/c1-2-8-15-13(14)16-11-7-9-17-12-6-4-3-5-10(11)12/h1,3-6,11H,7-9H2,(H3,14,15,16). The number of guanidine groups is 1. The zero-order chi connectivity index (χ0) is 12.1. The first-order valence-electron chi connectivity index (χ1n) is 5.53. The maximum atomic E-state index is 5.75. The molecule has 1 aliphatic heterocycles. The van der Waals surface area contributed by atoms with Gasteiger partial charge in [0.05, 0.1) is 12.6 Å². The fourth-order valence-corrected chi connectivity index (χ4v) is 1.85. The fraction of sp³-hybridized carbons (Fsp3) is 0.308. The fourth-order valence-electron chi connectivity index (χ4n) is 1.85. The summed E-state index contributed by atoms with van der Waals surface area (Å²) in [6, 6.07) is 8.06. The SMILES string of the molecule is C#CCN=C(N)NC1CCOc2ccccc21. The highest BCUT2D eigenvalue weighted by Gasteiger charge is 2.20. The second-order valence-electron chi connectivity index (χ2n) is 3.78. The summed E-state index contributed by atoms with van der Waals surface area (Å²) in [6.45, 7) is 0.973. The molecule has 0 radical (unpaired) electrons. The molecule has 0 amide bonds. The maximum absolute atomic E-state index is 5.75. The van der Waals surface area contributed by atoms with E-state index in [1.165, 1.54) is 0 Å². The Kier molecular flexibility index (Phi) is 3.51. The Labute approximate surface area is 101 Å². The van der Waals surface area contributed by atoms with Crippen molar-refractivity contribution in [3.8, 4) is 18.1 Å². The number of fused-ring (bicyclic) bond motifs is 1. The average molecular weight is 229 g/mol. The molecule has 1 heterocycles. The van der Waals surface area contributed by atoms with Crippen molar-refractivity contribution in [3.63, 3.8) is 0 Å². The molecule has 0 saturated heterocycles. The van der Waals surface area contributed by atoms with Crippen molar-refractivity contribution in [3.05, 3.63) is 29.8 Å². The number of aliphatic imine (C=N–C) groups is 1. The van der Waals surface area contributed by atoms with Crippen LogP contribution in [0.2, 0.25) is 0 Å². The van der Waals surface area contributed by atoms with Crippen LogP contribution in [-0.4, -0.2) is 19.1 Å². The van der Waals surface area contributed by atoms with Crippen LogP contribution in [0.5, 0.6) is 5.75 Å².